The molecule has 16 heavy (non-hydrogen) atoms. The third-order valence-corrected chi connectivity index (χ3v) is 1.60. The largest absolute Gasteiger partial charge is 0.399 e. The van der Waals surface area contributed by atoms with Crippen molar-refractivity contribution in [3.05, 3.63) is 73.8 Å². The molecule has 0 radical (unpaired) electrons. The Balaban J connectivity index is 0.000000244. The van der Waals surface area contributed by atoms with E-state index in [-0.39, 0.29) is 0 Å². The van der Waals surface area contributed by atoms with Crippen LogP contribution in [0.2, 0.25) is 0 Å². The smallest absolute Gasteiger partial charge is 0.0313 e. The normalized spacial score (nSPS) is 7.75. The van der Waals surface area contributed by atoms with Crippen LogP contribution in [0.1, 0.15) is 0 Å². The van der Waals surface area contributed by atoms with Crippen LogP contribution in [-0.2, 0) is 0 Å². The molecule has 0 saturated carbocycles. The minimum absolute atomic E-state index is 0.822. The third kappa shape index (κ3) is 7.21. The second-order valence-corrected chi connectivity index (χ2v) is 2.82. The van der Waals surface area contributed by atoms with Crippen molar-refractivity contribution < 1.29 is 0 Å². The Morgan fingerprint density at radius 1 is 0.562 bits per heavy atom. The van der Waals surface area contributed by atoms with Gasteiger partial charge < -0.3 is 11.5 Å². The van der Waals surface area contributed by atoms with Gasteiger partial charge in [-0.15, -0.1) is 13.2 Å². The summed E-state index contributed by atoms with van der Waals surface area (Å²) in [4.78, 5) is 0. The monoisotopic (exact) mass is 214 g/mol. The van der Waals surface area contributed by atoms with E-state index >= 15 is 0 Å². The SMILES string of the molecule is C=C.Nc1ccccc1.Nc1ccccc1. The number of para-hydroxylation sites is 2. The number of anilines is 2. The van der Waals surface area contributed by atoms with Crippen LogP contribution < -0.4 is 11.5 Å². The van der Waals surface area contributed by atoms with Gasteiger partial charge in [-0.3, -0.25) is 0 Å². The van der Waals surface area contributed by atoms with Crippen LogP contribution in [0.4, 0.5) is 11.4 Å². The van der Waals surface area contributed by atoms with E-state index in [0.717, 1.165) is 11.4 Å². The summed E-state index contributed by atoms with van der Waals surface area (Å²) in [7, 11) is 0. The molecule has 0 fully saturated rings. The van der Waals surface area contributed by atoms with Crippen LogP contribution in [0, 0.1) is 0 Å². The van der Waals surface area contributed by atoms with E-state index in [1.807, 2.05) is 60.7 Å². The molecule has 0 spiro atoms. The minimum atomic E-state index is 0.822. The molecule has 84 valence electrons. The number of rotatable bonds is 0. The van der Waals surface area contributed by atoms with Gasteiger partial charge in [0.1, 0.15) is 0 Å². The lowest BCUT2D eigenvalue weighted by Crippen LogP contribution is -1.79. The summed E-state index contributed by atoms with van der Waals surface area (Å²) in [6, 6.07) is 19.0. The topological polar surface area (TPSA) is 52.0 Å². The van der Waals surface area contributed by atoms with Gasteiger partial charge >= 0.3 is 0 Å². The van der Waals surface area contributed by atoms with Gasteiger partial charge in [0.2, 0.25) is 0 Å². The summed E-state index contributed by atoms with van der Waals surface area (Å²) < 4.78 is 0. The lowest BCUT2D eigenvalue weighted by atomic mass is 10.3. The zero-order valence-corrected chi connectivity index (χ0v) is 9.34. The van der Waals surface area contributed by atoms with Gasteiger partial charge in [-0.1, -0.05) is 36.4 Å². The molecular formula is C14H18N2. The lowest BCUT2D eigenvalue weighted by molar-refractivity contribution is 1.69. The summed E-state index contributed by atoms with van der Waals surface area (Å²) in [6.07, 6.45) is 0. The van der Waals surface area contributed by atoms with Gasteiger partial charge in [0.25, 0.3) is 0 Å². The molecule has 0 unspecified atom stereocenters. The average Bonchev–Trinajstić information content (AvgIpc) is 2.34. The summed E-state index contributed by atoms with van der Waals surface area (Å²) in [5, 5.41) is 0. The van der Waals surface area contributed by atoms with Crippen molar-refractivity contribution in [3.8, 4) is 0 Å². The highest BCUT2D eigenvalue weighted by atomic mass is 14.5. The van der Waals surface area contributed by atoms with Crippen molar-refractivity contribution in [3.63, 3.8) is 0 Å². The Labute approximate surface area is 97.2 Å². The quantitative estimate of drug-likeness (QED) is 0.522. The van der Waals surface area contributed by atoms with Crippen LogP contribution in [0.3, 0.4) is 0 Å². The molecule has 2 rings (SSSR count). The molecule has 4 N–H and O–H groups in total. The third-order valence-electron chi connectivity index (χ3n) is 1.60. The lowest BCUT2D eigenvalue weighted by Gasteiger charge is -1.83. The summed E-state index contributed by atoms with van der Waals surface area (Å²) in [5.41, 5.74) is 12.4. The molecule has 0 bridgehead atoms. The van der Waals surface area contributed by atoms with Gasteiger partial charge in [0.05, 0.1) is 0 Å². The highest BCUT2D eigenvalue weighted by Crippen LogP contribution is 1.96. The molecule has 0 heterocycles. The van der Waals surface area contributed by atoms with Crippen LogP contribution in [0.15, 0.2) is 73.8 Å². The highest BCUT2D eigenvalue weighted by Gasteiger charge is 1.72. The van der Waals surface area contributed by atoms with Crippen molar-refractivity contribution >= 4 is 11.4 Å². The van der Waals surface area contributed by atoms with Crippen LogP contribution >= 0.6 is 0 Å². The average molecular weight is 214 g/mol. The predicted octanol–water partition coefficient (Wildman–Crippen LogP) is 3.34. The Morgan fingerprint density at radius 2 is 0.812 bits per heavy atom. The first kappa shape index (κ1) is 13.8. The Morgan fingerprint density at radius 3 is 0.938 bits per heavy atom. The van der Waals surface area contributed by atoms with E-state index in [1.165, 1.54) is 0 Å². The fourth-order valence-electron chi connectivity index (χ4n) is 0.906. The fourth-order valence-corrected chi connectivity index (χ4v) is 0.906. The zero-order chi connectivity index (χ0) is 12.2. The van der Waals surface area contributed by atoms with Gasteiger partial charge in [0.15, 0.2) is 0 Å². The van der Waals surface area contributed by atoms with Gasteiger partial charge in [-0.05, 0) is 24.3 Å². The number of nitrogens with two attached hydrogens (primary N) is 2. The maximum atomic E-state index is 5.36. The second-order valence-electron chi connectivity index (χ2n) is 2.82. The standard InChI is InChI=1S/2C6H7N.C2H4/c2*7-6-4-2-1-3-5-6;1-2/h2*1-5H,7H2;1-2H2. The van der Waals surface area contributed by atoms with E-state index in [1.54, 1.807) is 0 Å². The number of nitrogen functional groups attached to an aromatic ring is 2. The van der Waals surface area contributed by atoms with E-state index in [4.69, 9.17) is 11.5 Å². The first-order chi connectivity index (χ1) is 7.79. The molecule has 0 aromatic heterocycles. The summed E-state index contributed by atoms with van der Waals surface area (Å²) >= 11 is 0. The maximum Gasteiger partial charge on any atom is 0.0313 e. The van der Waals surface area contributed by atoms with Gasteiger partial charge in [0, 0.05) is 11.4 Å². The summed E-state index contributed by atoms with van der Waals surface area (Å²) in [5.74, 6) is 0. The van der Waals surface area contributed by atoms with Gasteiger partial charge in [-0.2, -0.15) is 0 Å². The molecular weight excluding hydrogens is 196 g/mol. The van der Waals surface area contributed by atoms with Crippen molar-refractivity contribution in [2.24, 2.45) is 0 Å². The van der Waals surface area contributed by atoms with Crippen LogP contribution in [0.5, 0.6) is 0 Å². The molecule has 2 nitrogen and oxygen atoms in total. The van der Waals surface area contributed by atoms with Crippen molar-refractivity contribution in [1.82, 2.24) is 0 Å². The first-order valence-corrected chi connectivity index (χ1v) is 4.90. The molecule has 0 amide bonds. The first-order valence-electron chi connectivity index (χ1n) is 4.90. The number of hydrogen-bond donors (Lipinski definition) is 2. The van der Waals surface area contributed by atoms with E-state index < -0.39 is 0 Å². The van der Waals surface area contributed by atoms with Crippen LogP contribution in [0.25, 0.3) is 0 Å². The minimum Gasteiger partial charge on any atom is -0.399 e. The maximum absolute atomic E-state index is 5.36. The van der Waals surface area contributed by atoms with E-state index in [2.05, 4.69) is 13.2 Å². The van der Waals surface area contributed by atoms with Crippen molar-refractivity contribution in [2.75, 3.05) is 11.5 Å². The number of benzene rings is 2. The molecule has 0 aliphatic rings. The second kappa shape index (κ2) is 9.34. The molecule has 2 aromatic rings. The zero-order valence-electron chi connectivity index (χ0n) is 9.34. The molecule has 2 heteroatoms. The number of hydrogen-bond acceptors (Lipinski definition) is 2. The van der Waals surface area contributed by atoms with E-state index in [9.17, 15) is 0 Å². The Hall–Kier alpha value is -2.22. The van der Waals surface area contributed by atoms with Crippen LogP contribution in [-0.4, -0.2) is 0 Å². The van der Waals surface area contributed by atoms with E-state index in [0.29, 0.717) is 0 Å². The Kier molecular flexibility index (Phi) is 8.04. The van der Waals surface area contributed by atoms with Crippen molar-refractivity contribution in [1.29, 1.82) is 0 Å². The predicted molar refractivity (Wildman–Crippen MR) is 73.0 cm³/mol. The highest BCUT2D eigenvalue weighted by molar-refractivity contribution is 5.36. The molecule has 0 aliphatic carbocycles. The summed E-state index contributed by atoms with van der Waals surface area (Å²) in [6.45, 7) is 6.00. The molecule has 0 aliphatic heterocycles. The van der Waals surface area contributed by atoms with Crippen molar-refractivity contribution in [2.45, 2.75) is 0 Å². The Bertz CT molecular complexity index is 320. The molecule has 0 saturated heterocycles. The molecule has 0 atom stereocenters. The fraction of sp³-hybridized carbons (Fsp3) is 0. The molecule has 2 aromatic carbocycles. The van der Waals surface area contributed by atoms with Gasteiger partial charge in [-0.25, -0.2) is 0 Å².